The molecule has 0 fully saturated rings. The fraction of sp³-hybridized carbons (Fsp3) is 0.533. The molecule has 2 N–H and O–H groups in total. The molecule has 0 spiro atoms. The fourth-order valence-corrected chi connectivity index (χ4v) is 2.56. The van der Waals surface area contributed by atoms with Crippen LogP contribution in [0, 0.1) is 6.92 Å². The molecule has 0 bridgehead atoms. The van der Waals surface area contributed by atoms with Crippen molar-refractivity contribution in [2.75, 3.05) is 7.11 Å². The minimum Gasteiger partial charge on any atom is -0.478 e. The van der Waals surface area contributed by atoms with E-state index in [1.54, 1.807) is 6.92 Å². The lowest BCUT2D eigenvalue weighted by atomic mass is 10.0. The Bertz CT molecular complexity index is 476. The number of hydrogen-bond acceptors (Lipinski definition) is 4. The summed E-state index contributed by atoms with van der Waals surface area (Å²) in [5.41, 5.74) is 8.00. The highest BCUT2D eigenvalue weighted by Gasteiger charge is 2.19. The molecule has 20 heavy (non-hydrogen) atoms. The van der Waals surface area contributed by atoms with E-state index in [0.29, 0.717) is 6.42 Å². The molecule has 2 atom stereocenters. The molecule has 0 aliphatic rings. The summed E-state index contributed by atoms with van der Waals surface area (Å²) >= 11 is 3.48. The predicted molar refractivity (Wildman–Crippen MR) is 83.0 cm³/mol. The Morgan fingerprint density at radius 1 is 1.45 bits per heavy atom. The Kier molecular flexibility index (Phi) is 6.49. The number of nitrogens with two attached hydrogens (primary N) is 1. The molecule has 0 aliphatic heterocycles. The normalized spacial score (nSPS) is 13.7. The minimum absolute atomic E-state index is 0.0690. The molecule has 1 rings (SSSR count). The molecule has 1 aromatic carbocycles. The van der Waals surface area contributed by atoms with E-state index in [1.165, 1.54) is 7.11 Å². The summed E-state index contributed by atoms with van der Waals surface area (Å²) in [7, 11) is 1.35. The van der Waals surface area contributed by atoms with Gasteiger partial charge in [0.2, 0.25) is 0 Å². The van der Waals surface area contributed by atoms with Crippen molar-refractivity contribution >= 4 is 21.9 Å². The first kappa shape index (κ1) is 17.0. The van der Waals surface area contributed by atoms with Gasteiger partial charge in [-0.05, 0) is 49.9 Å². The van der Waals surface area contributed by atoms with Crippen LogP contribution in [0.25, 0.3) is 0 Å². The molecule has 112 valence electrons. The van der Waals surface area contributed by atoms with Crippen LogP contribution in [0.1, 0.15) is 31.4 Å². The van der Waals surface area contributed by atoms with Crippen LogP contribution in [0.15, 0.2) is 16.6 Å². The van der Waals surface area contributed by atoms with Gasteiger partial charge >= 0.3 is 5.97 Å². The second-order valence-electron chi connectivity index (χ2n) is 4.87. The maximum absolute atomic E-state index is 11.5. The van der Waals surface area contributed by atoms with Crippen molar-refractivity contribution in [3.8, 4) is 5.75 Å². The van der Waals surface area contributed by atoms with Crippen molar-refractivity contribution in [3.63, 3.8) is 0 Å². The van der Waals surface area contributed by atoms with Gasteiger partial charge in [0.05, 0.1) is 7.11 Å². The monoisotopic (exact) mass is 343 g/mol. The summed E-state index contributed by atoms with van der Waals surface area (Å²) in [6.45, 7) is 5.68. The first-order valence-corrected chi connectivity index (χ1v) is 7.47. The number of halogens is 1. The van der Waals surface area contributed by atoms with E-state index in [-0.39, 0.29) is 6.04 Å². The van der Waals surface area contributed by atoms with Crippen molar-refractivity contribution in [2.24, 2.45) is 5.73 Å². The van der Waals surface area contributed by atoms with E-state index in [1.807, 2.05) is 26.0 Å². The standard InChI is InChI=1S/C15H22BrNO3/c1-5-13(17)8-11-7-12(16)6-9(2)14(11)20-10(3)15(18)19-4/h6-7,10,13H,5,8,17H2,1-4H3. The lowest BCUT2D eigenvalue weighted by Gasteiger charge is -2.20. The summed E-state index contributed by atoms with van der Waals surface area (Å²) in [4.78, 5) is 11.5. The highest BCUT2D eigenvalue weighted by atomic mass is 79.9. The molecule has 0 heterocycles. The van der Waals surface area contributed by atoms with Crippen molar-refractivity contribution in [1.29, 1.82) is 0 Å². The third-order valence-electron chi connectivity index (χ3n) is 3.15. The minimum atomic E-state index is -0.642. The van der Waals surface area contributed by atoms with Gasteiger partial charge in [-0.3, -0.25) is 0 Å². The zero-order chi connectivity index (χ0) is 15.3. The van der Waals surface area contributed by atoms with Gasteiger partial charge in [0.15, 0.2) is 6.10 Å². The number of methoxy groups -OCH3 is 1. The molecule has 4 nitrogen and oxygen atoms in total. The summed E-state index contributed by atoms with van der Waals surface area (Å²) < 4.78 is 11.4. The summed E-state index contributed by atoms with van der Waals surface area (Å²) in [5.74, 6) is 0.327. The quantitative estimate of drug-likeness (QED) is 0.806. The van der Waals surface area contributed by atoms with Crippen LogP contribution < -0.4 is 10.5 Å². The first-order chi connectivity index (χ1) is 9.38. The smallest absolute Gasteiger partial charge is 0.346 e. The molecule has 1 aromatic rings. The van der Waals surface area contributed by atoms with Crippen LogP contribution >= 0.6 is 15.9 Å². The lowest BCUT2D eigenvalue weighted by molar-refractivity contribution is -0.147. The van der Waals surface area contributed by atoms with E-state index < -0.39 is 12.1 Å². The van der Waals surface area contributed by atoms with Crippen molar-refractivity contribution in [2.45, 2.75) is 45.8 Å². The Hall–Kier alpha value is -1.07. The second kappa shape index (κ2) is 7.64. The van der Waals surface area contributed by atoms with E-state index in [9.17, 15) is 4.79 Å². The van der Waals surface area contributed by atoms with Gasteiger partial charge in [0.25, 0.3) is 0 Å². The van der Waals surface area contributed by atoms with Gasteiger partial charge in [-0.1, -0.05) is 22.9 Å². The largest absolute Gasteiger partial charge is 0.478 e. The SMILES string of the molecule is CCC(N)Cc1cc(Br)cc(C)c1OC(C)C(=O)OC. The van der Waals surface area contributed by atoms with Crippen molar-refractivity contribution < 1.29 is 14.3 Å². The van der Waals surface area contributed by atoms with E-state index in [4.69, 9.17) is 15.2 Å². The van der Waals surface area contributed by atoms with Gasteiger partial charge < -0.3 is 15.2 Å². The highest BCUT2D eigenvalue weighted by molar-refractivity contribution is 9.10. The van der Waals surface area contributed by atoms with Gasteiger partial charge in [0.1, 0.15) is 5.75 Å². The number of benzene rings is 1. The average Bonchev–Trinajstić information content (AvgIpc) is 2.41. The molecule has 0 saturated heterocycles. The van der Waals surface area contributed by atoms with Crippen LogP contribution in [0.3, 0.4) is 0 Å². The molecule has 5 heteroatoms. The van der Waals surface area contributed by atoms with Gasteiger partial charge in [0, 0.05) is 10.5 Å². The average molecular weight is 344 g/mol. The predicted octanol–water partition coefficient (Wildman–Crippen LogP) is 2.98. The molecular weight excluding hydrogens is 322 g/mol. The fourth-order valence-electron chi connectivity index (χ4n) is 1.94. The zero-order valence-electron chi connectivity index (χ0n) is 12.4. The maximum atomic E-state index is 11.5. The molecule has 0 aliphatic carbocycles. The summed E-state index contributed by atoms with van der Waals surface area (Å²) in [5, 5.41) is 0. The van der Waals surface area contributed by atoms with Crippen molar-refractivity contribution in [3.05, 3.63) is 27.7 Å². The van der Waals surface area contributed by atoms with Gasteiger partial charge in [-0.2, -0.15) is 0 Å². The molecule has 0 amide bonds. The Morgan fingerprint density at radius 3 is 2.65 bits per heavy atom. The number of aryl methyl sites for hydroxylation is 1. The second-order valence-corrected chi connectivity index (χ2v) is 5.78. The summed E-state index contributed by atoms with van der Waals surface area (Å²) in [6.07, 6.45) is 0.953. The van der Waals surface area contributed by atoms with E-state index in [0.717, 1.165) is 27.8 Å². The Morgan fingerprint density at radius 2 is 2.10 bits per heavy atom. The highest BCUT2D eigenvalue weighted by Crippen LogP contribution is 2.30. The number of hydrogen-bond donors (Lipinski definition) is 1. The van der Waals surface area contributed by atoms with Crippen LogP contribution in [-0.2, 0) is 16.0 Å². The molecular formula is C15H22BrNO3. The van der Waals surface area contributed by atoms with Crippen LogP contribution in [0.4, 0.5) is 0 Å². The molecule has 0 radical (unpaired) electrons. The number of carbonyl (C=O) groups is 1. The van der Waals surface area contributed by atoms with Crippen molar-refractivity contribution in [1.82, 2.24) is 0 Å². The van der Waals surface area contributed by atoms with Crippen LogP contribution in [-0.4, -0.2) is 25.2 Å². The number of carbonyl (C=O) groups excluding carboxylic acids is 1. The summed E-state index contributed by atoms with van der Waals surface area (Å²) in [6, 6.07) is 4.02. The Labute approximate surface area is 128 Å². The third kappa shape index (κ3) is 4.49. The molecule has 2 unspecified atom stereocenters. The van der Waals surface area contributed by atoms with Gasteiger partial charge in [-0.15, -0.1) is 0 Å². The topological polar surface area (TPSA) is 61.5 Å². The molecule has 0 saturated carbocycles. The first-order valence-electron chi connectivity index (χ1n) is 6.68. The maximum Gasteiger partial charge on any atom is 0.346 e. The molecule has 0 aromatic heterocycles. The zero-order valence-corrected chi connectivity index (χ0v) is 14.0. The van der Waals surface area contributed by atoms with Crippen LogP contribution in [0.2, 0.25) is 0 Å². The van der Waals surface area contributed by atoms with E-state index in [2.05, 4.69) is 15.9 Å². The number of esters is 1. The van der Waals surface area contributed by atoms with E-state index >= 15 is 0 Å². The van der Waals surface area contributed by atoms with Crippen LogP contribution in [0.5, 0.6) is 5.75 Å². The number of ether oxygens (including phenoxy) is 2. The third-order valence-corrected chi connectivity index (χ3v) is 3.61. The van der Waals surface area contributed by atoms with Gasteiger partial charge in [-0.25, -0.2) is 4.79 Å². The Balaban J connectivity index is 3.06. The lowest BCUT2D eigenvalue weighted by Crippen LogP contribution is -2.27. The number of rotatable bonds is 6.